The zero-order valence-electron chi connectivity index (χ0n) is 17.5. The number of aromatic amines is 1. The summed E-state index contributed by atoms with van der Waals surface area (Å²) in [5.41, 5.74) is 8.34. The Hall–Kier alpha value is -3.37. The van der Waals surface area contributed by atoms with Gasteiger partial charge in [0.05, 0.1) is 6.04 Å². The number of H-pyrrole nitrogens is 1. The normalized spacial score (nSPS) is 12.3. The summed E-state index contributed by atoms with van der Waals surface area (Å²) in [7, 11) is 0. The largest absolute Gasteiger partial charge is 0.325 e. The third-order valence-corrected chi connectivity index (χ3v) is 5.60. The fourth-order valence-corrected chi connectivity index (χ4v) is 3.70. The van der Waals surface area contributed by atoms with Crippen molar-refractivity contribution in [1.29, 1.82) is 0 Å². The van der Waals surface area contributed by atoms with Crippen molar-refractivity contribution in [1.82, 2.24) is 24.6 Å². The van der Waals surface area contributed by atoms with E-state index in [2.05, 4.69) is 25.8 Å². The molecule has 31 heavy (non-hydrogen) atoms. The molecule has 0 fully saturated rings. The topological polar surface area (TPSA) is 126 Å². The average Bonchev–Trinajstić information content (AvgIpc) is 3.37. The number of imidazole rings is 1. The first-order chi connectivity index (χ1) is 14.9. The summed E-state index contributed by atoms with van der Waals surface area (Å²) in [6.07, 6.45) is 3.57. The Morgan fingerprint density at radius 3 is 2.68 bits per heavy atom. The molecular weight excluding hydrogens is 412 g/mol. The SMILES string of the molecule is Cc1cc(Nc2nc(Sc3ccc(NC(=O)[C@H](N)C(C)C)cc3)cc3nccn23)n[nH]1. The van der Waals surface area contributed by atoms with Gasteiger partial charge in [-0.15, -0.1) is 0 Å². The van der Waals surface area contributed by atoms with E-state index < -0.39 is 6.04 Å². The van der Waals surface area contributed by atoms with Crippen LogP contribution >= 0.6 is 11.8 Å². The number of benzene rings is 1. The van der Waals surface area contributed by atoms with Crippen LogP contribution in [-0.4, -0.2) is 36.5 Å². The molecule has 0 unspecified atom stereocenters. The van der Waals surface area contributed by atoms with Gasteiger partial charge in [-0.3, -0.25) is 14.3 Å². The Morgan fingerprint density at radius 2 is 2.00 bits per heavy atom. The molecule has 0 aliphatic rings. The minimum absolute atomic E-state index is 0.0756. The van der Waals surface area contributed by atoms with Gasteiger partial charge in [-0.25, -0.2) is 9.97 Å². The third-order valence-electron chi connectivity index (χ3n) is 4.68. The number of anilines is 3. The number of nitrogens with two attached hydrogens (primary N) is 1. The minimum Gasteiger partial charge on any atom is -0.325 e. The molecule has 0 saturated carbocycles. The summed E-state index contributed by atoms with van der Waals surface area (Å²) in [5.74, 6) is 1.19. The van der Waals surface area contributed by atoms with Crippen LogP contribution in [0.1, 0.15) is 19.5 Å². The van der Waals surface area contributed by atoms with E-state index >= 15 is 0 Å². The third kappa shape index (κ3) is 4.86. The monoisotopic (exact) mass is 436 g/mol. The Kier molecular flexibility index (Phi) is 5.92. The number of hydrogen-bond donors (Lipinski definition) is 4. The summed E-state index contributed by atoms with van der Waals surface area (Å²) in [4.78, 5) is 22.2. The first-order valence-corrected chi connectivity index (χ1v) is 10.7. The highest BCUT2D eigenvalue weighted by Gasteiger charge is 2.17. The van der Waals surface area contributed by atoms with E-state index in [1.807, 2.05) is 67.8 Å². The van der Waals surface area contributed by atoms with Crippen molar-refractivity contribution in [3.8, 4) is 0 Å². The second-order valence-corrected chi connectivity index (χ2v) is 8.61. The van der Waals surface area contributed by atoms with Gasteiger partial charge < -0.3 is 16.4 Å². The van der Waals surface area contributed by atoms with E-state index in [4.69, 9.17) is 10.7 Å². The van der Waals surface area contributed by atoms with Crippen LogP contribution in [0.2, 0.25) is 0 Å². The molecule has 0 radical (unpaired) electrons. The second-order valence-electron chi connectivity index (χ2n) is 7.52. The van der Waals surface area contributed by atoms with E-state index in [-0.39, 0.29) is 11.8 Å². The number of rotatable bonds is 7. The van der Waals surface area contributed by atoms with Gasteiger partial charge >= 0.3 is 0 Å². The number of carbonyl (C=O) groups is 1. The lowest BCUT2D eigenvalue weighted by Crippen LogP contribution is -2.39. The van der Waals surface area contributed by atoms with E-state index in [1.165, 1.54) is 11.8 Å². The zero-order chi connectivity index (χ0) is 22.0. The molecule has 0 spiro atoms. The second kappa shape index (κ2) is 8.78. The number of fused-ring (bicyclic) bond motifs is 1. The molecule has 160 valence electrons. The van der Waals surface area contributed by atoms with Crippen molar-refractivity contribution >= 4 is 40.8 Å². The molecule has 10 heteroatoms. The Morgan fingerprint density at radius 1 is 1.23 bits per heavy atom. The number of hydrogen-bond acceptors (Lipinski definition) is 7. The van der Waals surface area contributed by atoms with Crippen LogP contribution in [0.15, 0.2) is 58.7 Å². The van der Waals surface area contributed by atoms with Crippen LogP contribution in [0.5, 0.6) is 0 Å². The van der Waals surface area contributed by atoms with E-state index in [0.717, 1.165) is 21.3 Å². The standard InChI is InChI=1S/C21H24N8OS/c1-12(2)19(22)20(30)24-14-4-6-15(7-5-14)31-18-11-17-23-8-9-29(17)21(26-18)25-16-10-13(3)27-28-16/h4-12,19H,22H2,1-3H3,(H,24,30)(H2,25,26,27,28)/t19-/m1/s1. The molecule has 5 N–H and O–H groups in total. The van der Waals surface area contributed by atoms with Gasteiger partial charge in [0.15, 0.2) is 5.82 Å². The summed E-state index contributed by atoms with van der Waals surface area (Å²) in [6, 6.07) is 10.9. The number of aromatic nitrogens is 5. The van der Waals surface area contributed by atoms with Crippen molar-refractivity contribution in [2.75, 3.05) is 10.6 Å². The van der Waals surface area contributed by atoms with Gasteiger partial charge in [0.1, 0.15) is 10.7 Å². The molecule has 3 heterocycles. The van der Waals surface area contributed by atoms with Gasteiger partial charge in [0.25, 0.3) is 0 Å². The highest BCUT2D eigenvalue weighted by Crippen LogP contribution is 2.29. The minimum atomic E-state index is -0.538. The number of aryl methyl sites for hydroxylation is 1. The molecule has 9 nitrogen and oxygen atoms in total. The van der Waals surface area contributed by atoms with Gasteiger partial charge in [-0.2, -0.15) is 5.10 Å². The molecular formula is C21H24N8OS. The summed E-state index contributed by atoms with van der Waals surface area (Å²) < 4.78 is 1.87. The van der Waals surface area contributed by atoms with Gasteiger partial charge in [0.2, 0.25) is 11.9 Å². The van der Waals surface area contributed by atoms with E-state index in [9.17, 15) is 4.79 Å². The van der Waals surface area contributed by atoms with Crippen LogP contribution < -0.4 is 16.4 Å². The number of amides is 1. The summed E-state index contributed by atoms with van der Waals surface area (Å²) in [5, 5.41) is 14.0. The maximum atomic E-state index is 12.1. The first kappa shape index (κ1) is 20.9. The lowest BCUT2D eigenvalue weighted by molar-refractivity contribution is -0.118. The predicted molar refractivity (Wildman–Crippen MR) is 122 cm³/mol. The van der Waals surface area contributed by atoms with Crippen molar-refractivity contribution in [2.24, 2.45) is 11.7 Å². The lowest BCUT2D eigenvalue weighted by atomic mass is 10.1. The average molecular weight is 437 g/mol. The molecule has 0 aliphatic heterocycles. The summed E-state index contributed by atoms with van der Waals surface area (Å²) >= 11 is 1.50. The molecule has 0 aliphatic carbocycles. The maximum absolute atomic E-state index is 12.1. The highest BCUT2D eigenvalue weighted by molar-refractivity contribution is 7.99. The van der Waals surface area contributed by atoms with Crippen molar-refractivity contribution in [3.05, 3.63) is 54.5 Å². The number of nitrogens with one attached hydrogen (secondary N) is 3. The molecule has 4 rings (SSSR count). The Labute approximate surface area is 183 Å². The first-order valence-electron chi connectivity index (χ1n) is 9.86. The van der Waals surface area contributed by atoms with Crippen LogP contribution in [0.25, 0.3) is 5.65 Å². The Bertz CT molecular complexity index is 1200. The molecule has 4 aromatic rings. The molecule has 0 bridgehead atoms. The van der Waals surface area contributed by atoms with Crippen LogP contribution in [0.3, 0.4) is 0 Å². The molecule has 0 saturated heterocycles. The van der Waals surface area contributed by atoms with Crippen LogP contribution in [0.4, 0.5) is 17.5 Å². The fraction of sp³-hybridized carbons (Fsp3) is 0.238. The fourth-order valence-electron chi connectivity index (χ4n) is 2.89. The van der Waals surface area contributed by atoms with E-state index in [0.29, 0.717) is 17.5 Å². The van der Waals surface area contributed by atoms with Crippen molar-refractivity contribution in [2.45, 2.75) is 36.7 Å². The zero-order valence-corrected chi connectivity index (χ0v) is 18.3. The van der Waals surface area contributed by atoms with E-state index in [1.54, 1.807) is 6.20 Å². The number of nitrogens with zero attached hydrogens (tertiary/aromatic N) is 4. The van der Waals surface area contributed by atoms with Gasteiger partial charge in [-0.05, 0) is 37.1 Å². The molecule has 1 atom stereocenters. The number of carbonyl (C=O) groups excluding carboxylic acids is 1. The van der Waals surface area contributed by atoms with Gasteiger partial charge in [0, 0.05) is 40.8 Å². The molecule has 3 aromatic heterocycles. The molecule has 1 aromatic carbocycles. The van der Waals surface area contributed by atoms with Crippen LogP contribution in [0, 0.1) is 12.8 Å². The quantitative estimate of drug-likeness (QED) is 0.326. The van der Waals surface area contributed by atoms with Crippen molar-refractivity contribution in [3.63, 3.8) is 0 Å². The maximum Gasteiger partial charge on any atom is 0.241 e. The smallest absolute Gasteiger partial charge is 0.241 e. The molecule has 1 amide bonds. The summed E-state index contributed by atoms with van der Waals surface area (Å²) in [6.45, 7) is 5.78. The van der Waals surface area contributed by atoms with Gasteiger partial charge in [-0.1, -0.05) is 25.6 Å². The Balaban J connectivity index is 1.51. The van der Waals surface area contributed by atoms with Crippen LogP contribution in [-0.2, 0) is 4.79 Å². The lowest BCUT2D eigenvalue weighted by Gasteiger charge is -2.15. The predicted octanol–water partition coefficient (Wildman–Crippen LogP) is 3.58. The van der Waals surface area contributed by atoms with Crippen molar-refractivity contribution < 1.29 is 4.79 Å². The highest BCUT2D eigenvalue weighted by atomic mass is 32.2.